The number of hydrogen-bond donors (Lipinski definition) is 2. The first-order valence-corrected chi connectivity index (χ1v) is 20.1. The summed E-state index contributed by atoms with van der Waals surface area (Å²) in [7, 11) is 0. The number of anilines is 1. The van der Waals surface area contributed by atoms with Crippen LogP contribution in [0.15, 0.2) is 97.1 Å². The van der Waals surface area contributed by atoms with Crippen molar-refractivity contribution in [2.24, 2.45) is 0 Å². The lowest BCUT2D eigenvalue weighted by atomic mass is 9.88. The van der Waals surface area contributed by atoms with E-state index in [0.717, 1.165) is 98.8 Å². The number of nitrogens with one attached hydrogen (secondary N) is 1. The average Bonchev–Trinajstić information content (AvgIpc) is 3.55. The second kappa shape index (κ2) is 16.7. The molecule has 0 saturated carbocycles. The summed E-state index contributed by atoms with van der Waals surface area (Å²) in [5.41, 5.74) is 8.53. The van der Waals surface area contributed by atoms with E-state index in [1.54, 1.807) is 17.0 Å². The number of nitrogens with zero attached hydrogens (tertiary/aromatic N) is 4. The molecule has 3 saturated heterocycles. The second-order valence-corrected chi connectivity index (χ2v) is 15.4. The Labute approximate surface area is 329 Å². The van der Waals surface area contributed by atoms with Crippen molar-refractivity contribution >= 4 is 34.6 Å². The lowest BCUT2D eigenvalue weighted by molar-refractivity contribution is -0.136. The number of carbonyl (C=O) groups excluding carboxylic acids is 3. The number of benzene rings is 4. The maximum Gasteiger partial charge on any atom is 0.255 e. The summed E-state index contributed by atoms with van der Waals surface area (Å²) in [6, 6.07) is 32.3. The Morgan fingerprint density at radius 2 is 1.57 bits per heavy atom. The predicted molar refractivity (Wildman–Crippen MR) is 218 cm³/mol. The van der Waals surface area contributed by atoms with Crippen LogP contribution in [0, 0.1) is 0 Å². The van der Waals surface area contributed by atoms with E-state index in [1.165, 1.54) is 11.1 Å². The van der Waals surface area contributed by atoms with Crippen LogP contribution in [0.1, 0.15) is 71.6 Å². The molecule has 0 bridgehead atoms. The molecule has 290 valence electrons. The van der Waals surface area contributed by atoms with Crippen LogP contribution in [0.3, 0.4) is 0 Å². The fourth-order valence-corrected chi connectivity index (χ4v) is 8.87. The van der Waals surface area contributed by atoms with Gasteiger partial charge in [-0.1, -0.05) is 61.5 Å². The van der Waals surface area contributed by atoms with Gasteiger partial charge in [0.25, 0.3) is 5.91 Å². The van der Waals surface area contributed by atoms with Crippen LogP contribution in [-0.2, 0) is 16.1 Å². The molecule has 56 heavy (non-hydrogen) atoms. The third-order valence-corrected chi connectivity index (χ3v) is 11.9. The molecular formula is C46H51N5O5. The number of ether oxygens (including phenoxy) is 1. The second-order valence-electron chi connectivity index (χ2n) is 15.4. The summed E-state index contributed by atoms with van der Waals surface area (Å²) >= 11 is 0. The van der Waals surface area contributed by atoms with E-state index < -0.39 is 6.04 Å². The largest absolute Gasteiger partial charge is 0.508 e. The van der Waals surface area contributed by atoms with Crippen LogP contribution in [0.5, 0.6) is 11.5 Å². The molecule has 2 atom stereocenters. The molecule has 3 fully saturated rings. The van der Waals surface area contributed by atoms with Crippen LogP contribution in [0.4, 0.5) is 5.69 Å². The maximum absolute atomic E-state index is 13.2. The zero-order chi connectivity index (χ0) is 38.6. The number of phenolic OH excluding ortho intramolecular Hbond substituents is 1. The summed E-state index contributed by atoms with van der Waals surface area (Å²) in [6.07, 6.45) is 3.55. The Kier molecular flexibility index (Phi) is 11.2. The molecule has 2 N–H and O–H groups in total. The van der Waals surface area contributed by atoms with Gasteiger partial charge in [-0.25, -0.2) is 0 Å². The van der Waals surface area contributed by atoms with Crippen molar-refractivity contribution < 1.29 is 24.2 Å². The average molecular weight is 754 g/mol. The molecule has 0 aliphatic carbocycles. The monoisotopic (exact) mass is 753 g/mol. The highest BCUT2D eigenvalue weighted by Gasteiger charge is 2.40. The van der Waals surface area contributed by atoms with Gasteiger partial charge >= 0.3 is 0 Å². The van der Waals surface area contributed by atoms with Gasteiger partial charge in [0.1, 0.15) is 17.5 Å². The normalized spacial score (nSPS) is 20.7. The summed E-state index contributed by atoms with van der Waals surface area (Å²) < 4.78 is 6.22. The van der Waals surface area contributed by atoms with Gasteiger partial charge in [0.05, 0.1) is 6.61 Å². The topological polar surface area (TPSA) is 106 Å². The summed E-state index contributed by atoms with van der Waals surface area (Å²) in [5.74, 6) is 0.346. The minimum atomic E-state index is -0.597. The number of allylic oxidation sites excluding steroid dienone is 1. The van der Waals surface area contributed by atoms with Crippen LogP contribution in [-0.4, -0.2) is 102 Å². The third kappa shape index (κ3) is 8.08. The number of unbranched alkanes of at least 4 members (excludes halogenated alkanes) is 1. The van der Waals surface area contributed by atoms with Crippen LogP contribution in [0.25, 0.3) is 11.1 Å². The van der Waals surface area contributed by atoms with E-state index in [2.05, 4.69) is 81.5 Å². The Morgan fingerprint density at radius 3 is 2.32 bits per heavy atom. The quantitative estimate of drug-likeness (QED) is 0.100. The van der Waals surface area contributed by atoms with Crippen LogP contribution < -0.4 is 15.0 Å². The molecule has 8 rings (SSSR count). The number of phenols is 1. The molecule has 0 radical (unpaired) electrons. The van der Waals surface area contributed by atoms with Crippen molar-refractivity contribution in [2.75, 3.05) is 57.3 Å². The summed E-state index contributed by atoms with van der Waals surface area (Å²) in [6.45, 7) is 10.4. The fraction of sp³-hybridized carbons (Fsp3) is 0.370. The number of piperidine rings is 1. The van der Waals surface area contributed by atoms with Gasteiger partial charge in [-0.05, 0) is 108 Å². The Morgan fingerprint density at radius 1 is 0.821 bits per heavy atom. The highest BCUT2D eigenvalue weighted by molar-refractivity contribution is 6.05. The minimum Gasteiger partial charge on any atom is -0.508 e. The summed E-state index contributed by atoms with van der Waals surface area (Å²) in [4.78, 5) is 46.6. The number of aromatic hydroxyl groups is 1. The van der Waals surface area contributed by atoms with Crippen LogP contribution in [0.2, 0.25) is 0 Å². The first-order valence-electron chi connectivity index (χ1n) is 20.1. The standard InChI is InChI=1S/C46H51N5O5/c1-2-40(32-8-4-3-5-9-32)44(33-10-15-38(52)16-11-33)34-12-17-39(18-13-34)56-27-7-6-22-48-23-24-49-25-26-50(31-37(49)30-48)36-14-19-41-35(28-36)29-51(46(41)55)42-20-21-43(53)47-45(42)54/h3-5,8-19,28,37,42,52H,2,6-7,20-27,29-31H2,1H3,(H,47,53,54). The maximum atomic E-state index is 13.2. The van der Waals surface area contributed by atoms with Crippen molar-refractivity contribution in [3.05, 3.63) is 125 Å². The number of hydrogen-bond acceptors (Lipinski definition) is 8. The van der Waals surface area contributed by atoms with Crippen molar-refractivity contribution in [1.29, 1.82) is 0 Å². The number of piperazine rings is 2. The van der Waals surface area contributed by atoms with E-state index in [9.17, 15) is 19.5 Å². The molecule has 4 heterocycles. The van der Waals surface area contributed by atoms with Gasteiger partial charge in [-0.2, -0.15) is 0 Å². The Balaban J connectivity index is 0.824. The van der Waals surface area contributed by atoms with Gasteiger partial charge in [0.2, 0.25) is 11.8 Å². The number of amides is 3. The van der Waals surface area contributed by atoms with E-state index in [4.69, 9.17) is 4.74 Å². The minimum absolute atomic E-state index is 0.130. The Hall–Kier alpha value is -5.45. The van der Waals surface area contributed by atoms with Gasteiger partial charge in [-0.3, -0.25) is 24.6 Å². The highest BCUT2D eigenvalue weighted by atomic mass is 16.5. The zero-order valence-electron chi connectivity index (χ0n) is 32.2. The van der Waals surface area contributed by atoms with E-state index >= 15 is 0 Å². The molecule has 0 spiro atoms. The third-order valence-electron chi connectivity index (χ3n) is 11.9. The molecule has 10 heteroatoms. The lowest BCUT2D eigenvalue weighted by Gasteiger charge is -2.48. The van der Waals surface area contributed by atoms with Crippen LogP contribution >= 0.6 is 0 Å². The molecule has 4 aliphatic heterocycles. The van der Waals surface area contributed by atoms with Gasteiger partial charge in [0, 0.05) is 69.5 Å². The van der Waals surface area contributed by atoms with E-state index in [-0.39, 0.29) is 29.9 Å². The van der Waals surface area contributed by atoms with Gasteiger partial charge in [0.15, 0.2) is 0 Å². The molecule has 2 unspecified atom stereocenters. The predicted octanol–water partition coefficient (Wildman–Crippen LogP) is 6.19. The first-order chi connectivity index (χ1) is 27.3. The lowest BCUT2D eigenvalue weighted by Crippen LogP contribution is -2.62. The SMILES string of the molecule is CCC(=C(c1ccc(O)cc1)c1ccc(OCCCCN2CCN3CCN(c4ccc5c(c4)CN(C4CCC(=O)NC4=O)C5=O)CC3C2)cc1)c1ccccc1. The van der Waals surface area contributed by atoms with E-state index in [0.29, 0.717) is 31.2 Å². The van der Waals surface area contributed by atoms with Crippen molar-refractivity contribution in [3.63, 3.8) is 0 Å². The smallest absolute Gasteiger partial charge is 0.255 e. The molecule has 3 amide bonds. The Bertz CT molecular complexity index is 2080. The van der Waals surface area contributed by atoms with Crippen molar-refractivity contribution in [2.45, 2.75) is 57.7 Å². The van der Waals surface area contributed by atoms with Gasteiger partial charge in [-0.15, -0.1) is 0 Å². The van der Waals surface area contributed by atoms with Crippen molar-refractivity contribution in [3.8, 4) is 11.5 Å². The fourth-order valence-electron chi connectivity index (χ4n) is 8.87. The zero-order valence-corrected chi connectivity index (χ0v) is 32.2. The van der Waals surface area contributed by atoms with E-state index in [1.807, 2.05) is 30.3 Å². The van der Waals surface area contributed by atoms with Gasteiger partial charge < -0.3 is 24.5 Å². The highest BCUT2D eigenvalue weighted by Crippen LogP contribution is 2.36. The molecule has 4 aromatic carbocycles. The number of carbonyl (C=O) groups is 3. The summed E-state index contributed by atoms with van der Waals surface area (Å²) in [5, 5.41) is 12.4. The molecular weight excluding hydrogens is 703 g/mol. The molecule has 0 aromatic heterocycles. The molecule has 4 aliphatic rings. The van der Waals surface area contributed by atoms with Crippen molar-refractivity contribution in [1.82, 2.24) is 20.0 Å². The number of imide groups is 1. The first kappa shape index (κ1) is 37.5. The molecule has 10 nitrogen and oxygen atoms in total. The number of fused-ring (bicyclic) bond motifs is 2. The molecule has 4 aromatic rings. The number of rotatable bonds is 12.